The Balaban J connectivity index is 3.31. The lowest BCUT2D eigenvalue weighted by atomic mass is 10.2. The van der Waals surface area contributed by atoms with Gasteiger partial charge in [-0.15, -0.1) is 0 Å². The number of ether oxygens (including phenoxy) is 1. The Morgan fingerprint density at radius 3 is 2.55 bits per heavy atom. The summed E-state index contributed by atoms with van der Waals surface area (Å²) in [5, 5.41) is 9.30. The summed E-state index contributed by atoms with van der Waals surface area (Å²) in [7, 11) is -4.03. The monoisotopic (exact) mass is 301 g/mol. The van der Waals surface area contributed by atoms with Crippen LogP contribution in [-0.2, 0) is 19.4 Å². The van der Waals surface area contributed by atoms with Crippen molar-refractivity contribution in [3.05, 3.63) is 33.9 Å². The molecule has 20 heavy (non-hydrogen) atoms. The van der Waals surface area contributed by atoms with E-state index in [9.17, 15) is 23.3 Å². The molecule has 1 aromatic carbocycles. The number of nitro benzene ring substituents is 1. The molecule has 1 atom stereocenters. The van der Waals surface area contributed by atoms with E-state index in [4.69, 9.17) is 0 Å². The van der Waals surface area contributed by atoms with Gasteiger partial charge in [-0.05, 0) is 26.3 Å². The van der Waals surface area contributed by atoms with Gasteiger partial charge in [-0.25, -0.2) is 8.42 Å². The maximum atomic E-state index is 12.3. The third-order valence-electron chi connectivity index (χ3n) is 2.77. The first-order valence-corrected chi connectivity index (χ1v) is 7.42. The highest BCUT2D eigenvalue weighted by Crippen LogP contribution is 2.25. The molecular weight excluding hydrogens is 286 g/mol. The highest BCUT2D eigenvalue weighted by Gasteiger charge is 2.33. The van der Waals surface area contributed by atoms with Gasteiger partial charge in [-0.3, -0.25) is 14.9 Å². The van der Waals surface area contributed by atoms with E-state index in [0.717, 1.165) is 6.07 Å². The van der Waals surface area contributed by atoms with Gasteiger partial charge in [0.25, 0.3) is 5.69 Å². The Labute approximate surface area is 116 Å². The number of nitro groups is 1. The topological polar surface area (TPSA) is 104 Å². The summed E-state index contributed by atoms with van der Waals surface area (Å²) in [6, 6.07) is 3.51. The molecule has 0 fully saturated rings. The van der Waals surface area contributed by atoms with Crippen LogP contribution in [0, 0.1) is 17.0 Å². The first-order chi connectivity index (χ1) is 9.21. The lowest BCUT2D eigenvalue weighted by Gasteiger charge is -2.13. The van der Waals surface area contributed by atoms with Crippen molar-refractivity contribution in [3.63, 3.8) is 0 Å². The Bertz CT molecular complexity index is 637. The number of nitrogens with zero attached hydrogens (tertiary/aromatic N) is 1. The van der Waals surface area contributed by atoms with Crippen LogP contribution in [-0.4, -0.2) is 31.2 Å². The van der Waals surface area contributed by atoms with E-state index >= 15 is 0 Å². The average Bonchev–Trinajstić information content (AvgIpc) is 2.37. The molecule has 0 bridgehead atoms. The fourth-order valence-corrected chi connectivity index (χ4v) is 3.09. The minimum atomic E-state index is -4.03. The summed E-state index contributed by atoms with van der Waals surface area (Å²) < 4.78 is 29.3. The molecule has 0 aliphatic rings. The Morgan fingerprint density at radius 2 is 2.05 bits per heavy atom. The maximum absolute atomic E-state index is 12.3. The van der Waals surface area contributed by atoms with E-state index in [0.29, 0.717) is 5.56 Å². The van der Waals surface area contributed by atoms with Gasteiger partial charge in [-0.1, -0.05) is 6.07 Å². The fourth-order valence-electron chi connectivity index (χ4n) is 1.59. The Morgan fingerprint density at radius 1 is 1.45 bits per heavy atom. The molecule has 0 saturated heterocycles. The Hall–Kier alpha value is -1.96. The van der Waals surface area contributed by atoms with Crippen LogP contribution in [0.5, 0.6) is 0 Å². The number of aryl methyl sites for hydroxylation is 1. The van der Waals surface area contributed by atoms with Gasteiger partial charge in [0.05, 0.1) is 16.4 Å². The van der Waals surface area contributed by atoms with Gasteiger partial charge < -0.3 is 4.74 Å². The Kier molecular flexibility index (Phi) is 4.83. The van der Waals surface area contributed by atoms with Gasteiger partial charge in [0.1, 0.15) is 0 Å². The number of carbonyl (C=O) groups is 1. The van der Waals surface area contributed by atoms with Gasteiger partial charge in [0.15, 0.2) is 15.1 Å². The van der Waals surface area contributed by atoms with Crippen LogP contribution in [0.15, 0.2) is 23.1 Å². The minimum Gasteiger partial charge on any atom is -0.465 e. The minimum absolute atomic E-state index is 0.0621. The second kappa shape index (κ2) is 6.00. The predicted molar refractivity (Wildman–Crippen MR) is 71.1 cm³/mol. The van der Waals surface area contributed by atoms with Crippen molar-refractivity contribution < 1.29 is 22.9 Å². The molecule has 0 aliphatic heterocycles. The smallest absolute Gasteiger partial charge is 0.324 e. The molecule has 1 rings (SSSR count). The molecule has 0 aliphatic carbocycles. The maximum Gasteiger partial charge on any atom is 0.324 e. The number of non-ortho nitro benzene ring substituents is 1. The molecule has 0 aromatic heterocycles. The van der Waals surface area contributed by atoms with Crippen molar-refractivity contribution in [2.24, 2.45) is 0 Å². The fraction of sp³-hybridized carbons (Fsp3) is 0.417. The predicted octanol–water partition coefficient (Wildman–Crippen LogP) is 1.63. The first-order valence-electron chi connectivity index (χ1n) is 5.87. The van der Waals surface area contributed by atoms with Crippen LogP contribution >= 0.6 is 0 Å². The van der Waals surface area contributed by atoms with Gasteiger partial charge >= 0.3 is 5.97 Å². The number of benzene rings is 1. The van der Waals surface area contributed by atoms with E-state index in [1.165, 1.54) is 26.0 Å². The molecule has 0 radical (unpaired) electrons. The van der Waals surface area contributed by atoms with Crippen molar-refractivity contribution in [1.82, 2.24) is 0 Å². The zero-order chi connectivity index (χ0) is 15.5. The molecule has 0 heterocycles. The first kappa shape index (κ1) is 16.1. The second-order valence-corrected chi connectivity index (χ2v) is 6.38. The summed E-state index contributed by atoms with van der Waals surface area (Å²) in [6.45, 7) is 4.34. The van der Waals surface area contributed by atoms with Crippen molar-refractivity contribution in [2.75, 3.05) is 6.61 Å². The number of carbonyl (C=O) groups excluding carboxylic acids is 1. The normalized spacial score (nSPS) is 12.8. The molecular formula is C12H15NO6S. The van der Waals surface area contributed by atoms with Gasteiger partial charge in [0.2, 0.25) is 0 Å². The number of sulfone groups is 1. The van der Waals surface area contributed by atoms with E-state index < -0.39 is 26.0 Å². The van der Waals surface area contributed by atoms with Crippen LogP contribution < -0.4 is 0 Å². The third kappa shape index (κ3) is 3.13. The molecule has 0 spiro atoms. The summed E-state index contributed by atoms with van der Waals surface area (Å²) in [5.41, 5.74) is -0.00279. The highest BCUT2D eigenvalue weighted by molar-refractivity contribution is 7.92. The molecule has 1 aromatic rings. The van der Waals surface area contributed by atoms with Gasteiger partial charge in [-0.2, -0.15) is 0 Å². The van der Waals surface area contributed by atoms with E-state index in [1.54, 1.807) is 6.92 Å². The number of rotatable bonds is 5. The van der Waals surface area contributed by atoms with Crippen LogP contribution in [0.25, 0.3) is 0 Å². The summed E-state index contributed by atoms with van der Waals surface area (Å²) in [5.74, 6) is -0.876. The van der Waals surface area contributed by atoms with Crippen molar-refractivity contribution in [1.29, 1.82) is 0 Å². The molecule has 0 amide bonds. The van der Waals surface area contributed by atoms with E-state index in [2.05, 4.69) is 4.74 Å². The molecule has 0 N–H and O–H groups in total. The number of hydrogen-bond acceptors (Lipinski definition) is 6. The van der Waals surface area contributed by atoms with Crippen LogP contribution in [0.1, 0.15) is 19.4 Å². The van der Waals surface area contributed by atoms with E-state index in [-0.39, 0.29) is 17.2 Å². The van der Waals surface area contributed by atoms with Gasteiger partial charge in [0, 0.05) is 12.1 Å². The van der Waals surface area contributed by atoms with Crippen LogP contribution in [0.4, 0.5) is 5.69 Å². The highest BCUT2D eigenvalue weighted by atomic mass is 32.2. The SMILES string of the molecule is CCOC(=O)C(C)S(=O)(=O)c1cc([N+](=O)[O-])ccc1C. The van der Waals surface area contributed by atoms with Crippen molar-refractivity contribution in [3.8, 4) is 0 Å². The standard InChI is InChI=1S/C12H15NO6S/c1-4-19-12(14)9(3)20(17,18)11-7-10(13(15)16)6-5-8(11)2/h5-7,9H,4H2,1-3H3. The van der Waals surface area contributed by atoms with Crippen molar-refractivity contribution in [2.45, 2.75) is 30.9 Å². The average molecular weight is 301 g/mol. The number of esters is 1. The van der Waals surface area contributed by atoms with E-state index in [1.807, 2.05) is 0 Å². The lowest BCUT2D eigenvalue weighted by molar-refractivity contribution is -0.385. The zero-order valence-electron chi connectivity index (χ0n) is 11.3. The summed E-state index contributed by atoms with van der Waals surface area (Å²) in [6.07, 6.45) is 0. The second-order valence-electron chi connectivity index (χ2n) is 4.15. The largest absolute Gasteiger partial charge is 0.465 e. The molecule has 1 unspecified atom stereocenters. The summed E-state index contributed by atoms with van der Waals surface area (Å²) in [4.78, 5) is 21.4. The zero-order valence-corrected chi connectivity index (χ0v) is 12.1. The lowest BCUT2D eigenvalue weighted by Crippen LogP contribution is -2.29. The third-order valence-corrected chi connectivity index (χ3v) is 4.95. The number of hydrogen-bond donors (Lipinski definition) is 0. The summed E-state index contributed by atoms with van der Waals surface area (Å²) >= 11 is 0. The molecule has 8 heteroatoms. The quantitative estimate of drug-likeness (QED) is 0.465. The van der Waals surface area contributed by atoms with Crippen LogP contribution in [0.2, 0.25) is 0 Å². The van der Waals surface area contributed by atoms with Crippen molar-refractivity contribution >= 4 is 21.5 Å². The molecule has 0 saturated carbocycles. The van der Waals surface area contributed by atoms with Crippen LogP contribution in [0.3, 0.4) is 0 Å². The molecule has 7 nitrogen and oxygen atoms in total. The molecule has 110 valence electrons.